The third kappa shape index (κ3) is 8.73. The minimum atomic E-state index is -0.174. The van der Waals surface area contributed by atoms with Crippen LogP contribution in [0.3, 0.4) is 0 Å². The van der Waals surface area contributed by atoms with Gasteiger partial charge >= 0.3 is 19.8 Å². The van der Waals surface area contributed by atoms with Crippen molar-refractivity contribution in [2.75, 3.05) is 9.80 Å². The van der Waals surface area contributed by atoms with Crippen molar-refractivity contribution in [2.45, 2.75) is 112 Å². The second-order valence-corrected chi connectivity index (χ2v) is 24.3. The summed E-state index contributed by atoms with van der Waals surface area (Å²) in [5.74, 6) is 0. The molecule has 2 aliphatic heterocycles. The van der Waals surface area contributed by atoms with Crippen molar-refractivity contribution < 1.29 is 24.2 Å². The summed E-state index contributed by atoms with van der Waals surface area (Å²) in [5, 5.41) is 4.73. The van der Waals surface area contributed by atoms with E-state index in [1.807, 2.05) is 6.07 Å². The fourth-order valence-corrected chi connectivity index (χ4v) is 11.7. The van der Waals surface area contributed by atoms with Gasteiger partial charge in [0.25, 0.3) is 0 Å². The monoisotopic (exact) mass is 1180 g/mol. The molecule has 384 valence electrons. The number of rotatable bonds is 5. The summed E-state index contributed by atoms with van der Waals surface area (Å²) >= 11 is 0. The molecule has 13 rings (SSSR count). The number of furan rings is 1. The van der Waals surface area contributed by atoms with Crippen LogP contribution in [0.2, 0.25) is 0 Å². The number of aromatic nitrogens is 1. The molecule has 0 bridgehead atoms. The van der Waals surface area contributed by atoms with Crippen LogP contribution in [0.5, 0.6) is 0 Å². The summed E-state index contributed by atoms with van der Waals surface area (Å²) in [6, 6.07) is 71.0. The van der Waals surface area contributed by atoms with Crippen molar-refractivity contribution in [1.29, 1.82) is 0 Å². The molecule has 0 atom stereocenters. The third-order valence-electron chi connectivity index (χ3n) is 16.0. The summed E-state index contributed by atoms with van der Waals surface area (Å²) in [5.41, 5.74) is 22.7. The summed E-state index contributed by atoms with van der Waals surface area (Å²) in [7, 11) is 0. The first kappa shape index (κ1) is 52.0. The molecule has 0 fully saturated rings. The number of benzene rings is 9. The van der Waals surface area contributed by atoms with Crippen LogP contribution in [0.15, 0.2) is 174 Å². The van der Waals surface area contributed by atoms with E-state index >= 15 is 0 Å². The molecule has 6 heteroatoms. The molecule has 9 aromatic carbocycles. The number of aryl methyl sites for hydroxylation is 1. The molecule has 2 aromatic heterocycles. The number of hydrogen-bond acceptors (Lipinski definition) is 3. The molecule has 4 heterocycles. The fraction of sp³-hybridized carbons (Fsp3) is 0.239. The van der Waals surface area contributed by atoms with Crippen LogP contribution in [0.1, 0.15) is 111 Å². The van der Waals surface area contributed by atoms with E-state index in [0.717, 1.165) is 67.1 Å². The summed E-state index contributed by atoms with van der Waals surface area (Å²) in [4.78, 5) is 5.06. The zero-order valence-corrected chi connectivity index (χ0v) is 49.3. The van der Waals surface area contributed by atoms with E-state index in [1.54, 1.807) is 0 Å². The molecule has 4 nitrogen and oxygen atoms in total. The number of para-hydroxylation sites is 4. The maximum absolute atomic E-state index is 6.58. The summed E-state index contributed by atoms with van der Waals surface area (Å²) in [6.45, 7) is 27.4. The second-order valence-electron chi connectivity index (χ2n) is 24.3. The average molecular weight is 1180 g/mol. The van der Waals surface area contributed by atoms with Crippen LogP contribution >= 0.6 is 0 Å². The minimum Gasteiger partial charge on any atom is -0.457 e. The van der Waals surface area contributed by atoms with Gasteiger partial charge in [-0.15, -0.1) is 16.6 Å². The van der Waals surface area contributed by atoms with Crippen LogP contribution in [-0.2, 0) is 36.0 Å². The Labute approximate surface area is 469 Å². The number of hydrogen-bond donors (Lipinski definition) is 0. The Balaban J connectivity index is 0.00000122. The van der Waals surface area contributed by atoms with Crippen LogP contribution in [-0.4, -0.2) is 11.3 Å². The van der Waals surface area contributed by atoms with Crippen LogP contribution in [0, 0.1) is 19.1 Å². The SMILES string of the molecule is CCCC.Cc1cc(-c2cccc3c2oc2ccccc23)c[c-]c1N1c2[c-]cc(C(C)(C)C)cc2B2c3cc4c5ccccc5n(-c5ccccc5)c4cc3N(c3ccc(C(C)(C)C)cc3)c3cc(C(C)(C)C)cc1c32.[Os+2]. The molecule has 0 amide bonds. The Hall–Kier alpha value is -7.12. The molecular weight excluding hydrogens is 1110 g/mol. The molecule has 0 spiro atoms. The Kier molecular flexibility index (Phi) is 13.1. The van der Waals surface area contributed by atoms with Gasteiger partial charge in [-0.05, 0) is 87.6 Å². The van der Waals surface area contributed by atoms with Crippen LogP contribution in [0.25, 0.3) is 60.6 Å². The quantitative estimate of drug-likeness (QED) is 0.127. The average Bonchev–Trinajstić information content (AvgIpc) is 4.00. The molecule has 11 aromatic rings. The molecule has 2 aliphatic rings. The first-order valence-electron chi connectivity index (χ1n) is 27.5. The van der Waals surface area contributed by atoms with Crippen molar-refractivity contribution in [3.8, 4) is 16.8 Å². The maximum Gasteiger partial charge on any atom is 2.00 e. The van der Waals surface area contributed by atoms with Crippen molar-refractivity contribution >= 4 is 101 Å². The Morgan fingerprint density at radius 3 is 1.78 bits per heavy atom. The number of anilines is 6. The molecule has 0 saturated carbocycles. The van der Waals surface area contributed by atoms with Gasteiger partial charge in [-0.2, -0.15) is 42.0 Å². The maximum atomic E-state index is 6.58. The van der Waals surface area contributed by atoms with Crippen molar-refractivity contribution in [3.05, 3.63) is 204 Å². The number of nitrogens with zero attached hydrogens (tertiary/aromatic N) is 3. The van der Waals surface area contributed by atoms with E-state index in [-0.39, 0.29) is 42.7 Å². The molecule has 77 heavy (non-hydrogen) atoms. The predicted molar refractivity (Wildman–Crippen MR) is 327 cm³/mol. The van der Waals surface area contributed by atoms with Crippen molar-refractivity contribution in [3.63, 3.8) is 0 Å². The van der Waals surface area contributed by atoms with Crippen molar-refractivity contribution in [2.24, 2.45) is 0 Å². The Bertz CT molecular complexity index is 4050. The number of unbranched alkanes of at least 4 members (excludes halogenated alkanes) is 1. The zero-order chi connectivity index (χ0) is 53.0. The third-order valence-corrected chi connectivity index (χ3v) is 16.0. The van der Waals surface area contributed by atoms with Gasteiger partial charge in [-0.1, -0.05) is 209 Å². The molecule has 0 N–H and O–H groups in total. The largest absolute Gasteiger partial charge is 2.00 e. The van der Waals surface area contributed by atoms with Gasteiger partial charge < -0.3 is 18.8 Å². The van der Waals surface area contributed by atoms with Gasteiger partial charge in [0.05, 0.1) is 11.0 Å². The molecule has 0 aliphatic carbocycles. The first-order chi connectivity index (χ1) is 36.4. The molecule has 0 saturated heterocycles. The second kappa shape index (κ2) is 19.4. The normalized spacial score (nSPS) is 13.1. The minimum absolute atomic E-state index is 0. The Morgan fingerprint density at radius 2 is 1.10 bits per heavy atom. The van der Waals surface area contributed by atoms with Gasteiger partial charge in [0.2, 0.25) is 0 Å². The van der Waals surface area contributed by atoms with Gasteiger partial charge in [0, 0.05) is 50.0 Å². The fourth-order valence-electron chi connectivity index (χ4n) is 11.7. The topological polar surface area (TPSA) is 24.6 Å². The summed E-state index contributed by atoms with van der Waals surface area (Å²) in [6.07, 6.45) is 2.64. The van der Waals surface area contributed by atoms with Crippen LogP contribution in [0.4, 0.5) is 34.1 Å². The van der Waals surface area contributed by atoms with E-state index in [9.17, 15) is 0 Å². The summed E-state index contributed by atoms with van der Waals surface area (Å²) < 4.78 is 9.04. The molecule has 0 unspecified atom stereocenters. The van der Waals surface area contributed by atoms with E-state index in [1.165, 1.54) is 79.1 Å². The van der Waals surface area contributed by atoms with E-state index in [0.29, 0.717) is 0 Å². The van der Waals surface area contributed by atoms with Gasteiger partial charge in [0.1, 0.15) is 11.2 Å². The van der Waals surface area contributed by atoms with E-state index in [4.69, 9.17) is 4.42 Å². The molecule has 0 radical (unpaired) electrons. The standard InChI is InChI=1S/C67H58BN3O.C4H10.Os/c1-41-35-42(48-23-18-24-51-50-22-15-17-26-62(50)72-64(48)51)27-33-55(41)71-57-34-30-44(66(5,6)7)36-53(57)68-54-39-52-49-21-14-16-25-56(49)69(46-19-12-11-13-20-46)58(52)40-59(54)70(47-31-28-43(29-32-47)65(2,3)4)60-37-45(67(8,9)10)38-61(71)63(60)68;1-3-4-2;/h11-32,35-40H,1-10H3;3-4H2,1-2H3;/q-2;;+2. The van der Waals surface area contributed by atoms with Gasteiger partial charge in [-0.3, -0.25) is 0 Å². The van der Waals surface area contributed by atoms with E-state index in [2.05, 4.69) is 273 Å². The van der Waals surface area contributed by atoms with Crippen LogP contribution < -0.4 is 26.2 Å². The van der Waals surface area contributed by atoms with Gasteiger partial charge in [0.15, 0.2) is 6.71 Å². The van der Waals surface area contributed by atoms with E-state index < -0.39 is 0 Å². The molecular formula is C71H68BN3OOs. The smallest absolute Gasteiger partial charge is 0.457 e. The first-order valence-corrected chi connectivity index (χ1v) is 27.5. The van der Waals surface area contributed by atoms with Crippen molar-refractivity contribution in [1.82, 2.24) is 4.57 Å². The Morgan fingerprint density at radius 1 is 0.481 bits per heavy atom. The number of fused-ring (bicyclic) bond motifs is 10. The van der Waals surface area contributed by atoms with Gasteiger partial charge in [-0.25, -0.2) is 0 Å². The zero-order valence-electron chi connectivity index (χ0n) is 46.8. The predicted octanol–water partition coefficient (Wildman–Crippen LogP) is 18.0.